The van der Waals surface area contributed by atoms with E-state index in [1.54, 1.807) is 11.3 Å². The van der Waals surface area contributed by atoms with Crippen LogP contribution in [0, 0.1) is 0 Å². The van der Waals surface area contributed by atoms with Crippen molar-refractivity contribution in [3.8, 4) is 11.3 Å². The topological polar surface area (TPSA) is 24.9 Å². The maximum absolute atomic E-state index is 4.64. The van der Waals surface area contributed by atoms with E-state index in [2.05, 4.69) is 51.4 Å². The molecule has 0 saturated carbocycles. The number of fused-ring (bicyclic) bond motifs is 3. The molecule has 0 atom stereocenters. The van der Waals surface area contributed by atoms with Gasteiger partial charge in [-0.15, -0.1) is 11.3 Å². The number of nitrogens with one attached hydrogen (secondary N) is 1. The molecule has 0 saturated heterocycles. The number of thiazole rings is 1. The summed E-state index contributed by atoms with van der Waals surface area (Å²) in [6.45, 7) is 3.02. The summed E-state index contributed by atoms with van der Waals surface area (Å²) in [6, 6.07) is 6.43. The van der Waals surface area contributed by atoms with E-state index in [0.717, 1.165) is 22.6 Å². The van der Waals surface area contributed by atoms with E-state index in [1.165, 1.54) is 21.7 Å². The SMILES string of the molecule is CCNc1nc2c(s1)Cc1cc(Br)ccc1-2. The average Bonchev–Trinajstić information content (AvgIpc) is 2.74. The lowest BCUT2D eigenvalue weighted by molar-refractivity contribution is 1.19. The first-order chi connectivity index (χ1) is 7.78. The van der Waals surface area contributed by atoms with Crippen molar-refractivity contribution in [2.75, 3.05) is 11.9 Å². The number of benzene rings is 1. The average molecular weight is 295 g/mol. The van der Waals surface area contributed by atoms with Crippen LogP contribution < -0.4 is 5.32 Å². The molecule has 0 spiro atoms. The lowest BCUT2D eigenvalue weighted by atomic mass is 10.1. The van der Waals surface area contributed by atoms with Crippen molar-refractivity contribution in [1.29, 1.82) is 0 Å². The molecule has 0 unspecified atom stereocenters. The van der Waals surface area contributed by atoms with Gasteiger partial charge in [-0.25, -0.2) is 4.98 Å². The van der Waals surface area contributed by atoms with Crippen molar-refractivity contribution in [2.45, 2.75) is 13.3 Å². The van der Waals surface area contributed by atoms with E-state index in [4.69, 9.17) is 0 Å². The molecule has 0 amide bonds. The number of aromatic nitrogens is 1. The molecule has 1 aromatic carbocycles. The number of rotatable bonds is 2. The fourth-order valence-electron chi connectivity index (χ4n) is 2.02. The number of hydrogen-bond acceptors (Lipinski definition) is 3. The zero-order chi connectivity index (χ0) is 11.1. The molecule has 3 rings (SSSR count). The largest absolute Gasteiger partial charge is 0.362 e. The summed E-state index contributed by atoms with van der Waals surface area (Å²) < 4.78 is 1.15. The third-order valence-electron chi connectivity index (χ3n) is 2.70. The van der Waals surface area contributed by atoms with Gasteiger partial charge in [-0.1, -0.05) is 22.0 Å². The minimum Gasteiger partial charge on any atom is -0.362 e. The van der Waals surface area contributed by atoms with Gasteiger partial charge in [0.2, 0.25) is 0 Å². The summed E-state index contributed by atoms with van der Waals surface area (Å²) >= 11 is 5.28. The Morgan fingerprint density at radius 2 is 2.38 bits per heavy atom. The fraction of sp³-hybridized carbons (Fsp3) is 0.250. The zero-order valence-electron chi connectivity index (χ0n) is 8.88. The van der Waals surface area contributed by atoms with Crippen molar-refractivity contribution in [3.63, 3.8) is 0 Å². The molecule has 1 aliphatic carbocycles. The standard InChI is InChI=1S/C12H11BrN2S/c1-2-14-12-15-11-9-4-3-8(13)5-7(9)6-10(11)16-12/h3-5H,2,6H2,1H3,(H,14,15). The molecule has 1 heterocycles. The molecule has 0 aliphatic heterocycles. The summed E-state index contributed by atoms with van der Waals surface area (Å²) in [5.74, 6) is 0. The lowest BCUT2D eigenvalue weighted by Gasteiger charge is -2.00. The molecular formula is C12H11BrN2S. The first kappa shape index (κ1) is 10.3. The summed E-state index contributed by atoms with van der Waals surface area (Å²) in [5.41, 5.74) is 3.84. The number of nitrogens with zero attached hydrogens (tertiary/aromatic N) is 1. The number of hydrogen-bond donors (Lipinski definition) is 1. The highest BCUT2D eigenvalue weighted by Crippen LogP contribution is 2.41. The minimum atomic E-state index is 0.930. The Labute approximate surface area is 107 Å². The Hall–Kier alpha value is -0.870. The molecule has 1 N–H and O–H groups in total. The summed E-state index contributed by atoms with van der Waals surface area (Å²) in [6.07, 6.45) is 1.02. The van der Waals surface area contributed by atoms with Gasteiger partial charge < -0.3 is 5.32 Å². The van der Waals surface area contributed by atoms with Gasteiger partial charge in [0.05, 0.1) is 5.69 Å². The third-order valence-corrected chi connectivity index (χ3v) is 4.21. The Morgan fingerprint density at radius 3 is 3.19 bits per heavy atom. The smallest absolute Gasteiger partial charge is 0.183 e. The van der Waals surface area contributed by atoms with Crippen LogP contribution in [0.5, 0.6) is 0 Å². The minimum absolute atomic E-state index is 0.930. The van der Waals surface area contributed by atoms with Crippen molar-refractivity contribution in [1.82, 2.24) is 4.98 Å². The molecule has 16 heavy (non-hydrogen) atoms. The van der Waals surface area contributed by atoms with Gasteiger partial charge in [0, 0.05) is 27.9 Å². The van der Waals surface area contributed by atoms with Crippen LogP contribution in [0.25, 0.3) is 11.3 Å². The second-order valence-electron chi connectivity index (χ2n) is 3.80. The van der Waals surface area contributed by atoms with Gasteiger partial charge in [-0.2, -0.15) is 0 Å². The molecule has 1 aromatic heterocycles. The van der Waals surface area contributed by atoms with Crippen molar-refractivity contribution < 1.29 is 0 Å². The van der Waals surface area contributed by atoms with Gasteiger partial charge in [0.1, 0.15) is 0 Å². The molecule has 0 fully saturated rings. The van der Waals surface area contributed by atoms with E-state index in [1.807, 2.05) is 0 Å². The van der Waals surface area contributed by atoms with Crippen molar-refractivity contribution >= 4 is 32.4 Å². The quantitative estimate of drug-likeness (QED) is 0.775. The van der Waals surface area contributed by atoms with Gasteiger partial charge in [-0.3, -0.25) is 0 Å². The van der Waals surface area contributed by atoms with E-state index >= 15 is 0 Å². The summed E-state index contributed by atoms with van der Waals surface area (Å²) in [4.78, 5) is 6.02. The van der Waals surface area contributed by atoms with Gasteiger partial charge in [0.25, 0.3) is 0 Å². The van der Waals surface area contributed by atoms with Crippen LogP contribution in [0.15, 0.2) is 22.7 Å². The Balaban J connectivity index is 2.06. The van der Waals surface area contributed by atoms with E-state index in [9.17, 15) is 0 Å². The first-order valence-corrected chi connectivity index (χ1v) is 6.91. The van der Waals surface area contributed by atoms with E-state index in [-0.39, 0.29) is 0 Å². The molecule has 0 radical (unpaired) electrons. The molecule has 82 valence electrons. The van der Waals surface area contributed by atoms with Gasteiger partial charge >= 0.3 is 0 Å². The Bertz CT molecular complexity index is 548. The molecule has 4 heteroatoms. The summed E-state index contributed by atoms with van der Waals surface area (Å²) in [7, 11) is 0. The number of anilines is 1. The maximum Gasteiger partial charge on any atom is 0.183 e. The first-order valence-electron chi connectivity index (χ1n) is 5.30. The van der Waals surface area contributed by atoms with Crippen LogP contribution in [0.3, 0.4) is 0 Å². The van der Waals surface area contributed by atoms with Crippen LogP contribution >= 0.6 is 27.3 Å². The predicted molar refractivity (Wildman–Crippen MR) is 72.2 cm³/mol. The van der Waals surface area contributed by atoms with E-state index < -0.39 is 0 Å². The second-order valence-corrected chi connectivity index (χ2v) is 5.80. The molecule has 0 bridgehead atoms. The van der Waals surface area contributed by atoms with Crippen LogP contribution in [-0.2, 0) is 6.42 Å². The normalized spacial score (nSPS) is 12.4. The van der Waals surface area contributed by atoms with Gasteiger partial charge in [-0.05, 0) is 24.6 Å². The van der Waals surface area contributed by atoms with Crippen LogP contribution in [0.1, 0.15) is 17.4 Å². The Morgan fingerprint density at radius 1 is 1.50 bits per heavy atom. The fourth-order valence-corrected chi connectivity index (χ4v) is 3.50. The second kappa shape index (κ2) is 3.86. The molecular weight excluding hydrogens is 284 g/mol. The molecule has 1 aliphatic rings. The molecule has 2 nitrogen and oxygen atoms in total. The van der Waals surface area contributed by atoms with Crippen LogP contribution in [-0.4, -0.2) is 11.5 Å². The monoisotopic (exact) mass is 294 g/mol. The van der Waals surface area contributed by atoms with Crippen molar-refractivity contribution in [2.24, 2.45) is 0 Å². The highest BCUT2D eigenvalue weighted by atomic mass is 79.9. The zero-order valence-corrected chi connectivity index (χ0v) is 11.3. The highest BCUT2D eigenvalue weighted by molar-refractivity contribution is 9.10. The summed E-state index contributed by atoms with van der Waals surface area (Å²) in [5, 5.41) is 4.32. The predicted octanol–water partition coefficient (Wildman–Crippen LogP) is 3.91. The molecule has 2 aromatic rings. The van der Waals surface area contributed by atoms with Crippen LogP contribution in [0.4, 0.5) is 5.13 Å². The number of halogens is 1. The highest BCUT2D eigenvalue weighted by Gasteiger charge is 2.23. The third kappa shape index (κ3) is 1.57. The van der Waals surface area contributed by atoms with Gasteiger partial charge in [0.15, 0.2) is 5.13 Å². The Kier molecular flexibility index (Phi) is 2.48. The van der Waals surface area contributed by atoms with Crippen molar-refractivity contribution in [3.05, 3.63) is 33.1 Å². The van der Waals surface area contributed by atoms with Crippen LogP contribution in [0.2, 0.25) is 0 Å². The van der Waals surface area contributed by atoms with E-state index in [0.29, 0.717) is 0 Å². The lowest BCUT2D eigenvalue weighted by Crippen LogP contribution is -1.95. The maximum atomic E-state index is 4.64.